The molecule has 0 saturated heterocycles. The number of rotatable bonds is 5. The summed E-state index contributed by atoms with van der Waals surface area (Å²) < 4.78 is 1.66. The van der Waals surface area contributed by atoms with Crippen LogP contribution in [-0.2, 0) is 16.1 Å². The molecule has 0 spiro atoms. The maximum Gasteiger partial charge on any atom is 0.157 e. The minimum absolute atomic E-state index is 0.0902. The van der Waals surface area contributed by atoms with E-state index in [-0.39, 0.29) is 22.7 Å². The smallest absolute Gasteiger partial charge is 0.157 e. The molecule has 2 heterocycles. The van der Waals surface area contributed by atoms with Crippen LogP contribution in [0, 0.1) is 105 Å². The number of alkyl halides is 1. The third-order valence-corrected chi connectivity index (χ3v) is 20.6. The predicted molar refractivity (Wildman–Crippen MR) is 255 cm³/mol. The van der Waals surface area contributed by atoms with Crippen molar-refractivity contribution in [3.8, 4) is 12.1 Å². The summed E-state index contributed by atoms with van der Waals surface area (Å²) in [6.45, 7) is 9.29. The minimum atomic E-state index is -0.463. The molecular weight excluding hydrogens is 877 g/mol. The number of halogens is 1. The number of nitrogens with one attached hydrogen (secondary N) is 1. The van der Waals surface area contributed by atoms with Crippen LogP contribution >= 0.6 is 15.9 Å². The summed E-state index contributed by atoms with van der Waals surface area (Å²) in [5.41, 5.74) is 0.524. The lowest BCUT2D eigenvalue weighted by molar-refractivity contribution is -0.140. The van der Waals surface area contributed by atoms with Crippen LogP contribution in [0.2, 0.25) is 0 Å². The van der Waals surface area contributed by atoms with Gasteiger partial charge in [0.05, 0.1) is 46.6 Å². The van der Waals surface area contributed by atoms with Crippen molar-refractivity contribution < 1.29 is 19.8 Å². The van der Waals surface area contributed by atoms with Crippen LogP contribution in [0.5, 0.6) is 0 Å². The Morgan fingerprint density at radius 2 is 1.15 bits per heavy atom. The Kier molecular flexibility index (Phi) is 15.0. The molecule has 10 rings (SSSR count). The van der Waals surface area contributed by atoms with E-state index >= 15 is 0 Å². The Morgan fingerprint density at radius 3 is 1.60 bits per heavy atom. The van der Waals surface area contributed by atoms with E-state index < -0.39 is 11.2 Å². The molecule has 0 radical (unpaired) electrons. The van der Waals surface area contributed by atoms with Crippen molar-refractivity contribution in [3.63, 3.8) is 0 Å². The van der Waals surface area contributed by atoms with Gasteiger partial charge in [-0.05, 0) is 199 Å². The number of hydrogen-bond donors (Lipinski definition) is 3. The molecule has 11 heteroatoms. The molecule has 3 N–H and O–H groups in total. The molecule has 8 fully saturated rings. The van der Waals surface area contributed by atoms with Gasteiger partial charge in [0.1, 0.15) is 17.9 Å². The van der Waals surface area contributed by atoms with Crippen LogP contribution in [0.4, 0.5) is 0 Å². The fourth-order valence-electron chi connectivity index (χ4n) is 17.1. The Morgan fingerprint density at radius 1 is 0.662 bits per heavy atom. The summed E-state index contributed by atoms with van der Waals surface area (Å²) in [4.78, 5) is 26.3. The first kappa shape index (κ1) is 48.6. The Labute approximate surface area is 398 Å². The molecule has 16 atom stereocenters. The van der Waals surface area contributed by atoms with Gasteiger partial charge in [0.15, 0.2) is 5.78 Å². The quantitative estimate of drug-likeness (QED) is 0.249. The SMILES string of the molecule is C[C@@]1(O)CC[C@H]2[C@H](CC[C@@H]3[C@@H]2CC[C@]2(C)[C@H](C(=O)CBr)CCCC[C@@H]32)C1.C[C@@]1(O)CC[C@H]2[C@H](CC[C@@H]3[C@@H]2CC[C@]2(C)[C@H](C(=O)Cn4cc(C#N)cn4)CCCC[C@@H]32)C1.N#Cc1cn[nH]c1. The number of aromatic nitrogens is 4. The van der Waals surface area contributed by atoms with Crippen LogP contribution < -0.4 is 0 Å². The van der Waals surface area contributed by atoms with Crippen LogP contribution in [0.15, 0.2) is 24.8 Å². The average molecular weight is 956 g/mol. The van der Waals surface area contributed by atoms with Crippen molar-refractivity contribution in [2.45, 2.75) is 187 Å². The van der Waals surface area contributed by atoms with E-state index in [1.807, 2.05) is 13.0 Å². The van der Waals surface area contributed by atoms with Crippen molar-refractivity contribution in [3.05, 3.63) is 35.9 Å². The molecule has 2 aromatic rings. The van der Waals surface area contributed by atoms with Gasteiger partial charge in [0.25, 0.3) is 0 Å². The fraction of sp³-hybridized carbons (Fsp3) is 0.815. The lowest BCUT2D eigenvalue weighted by atomic mass is 9.46. The molecule has 0 bridgehead atoms. The maximum atomic E-state index is 13.6. The number of aromatic amines is 1. The zero-order chi connectivity index (χ0) is 46.1. The molecule has 356 valence electrons. The number of nitrogens with zero attached hydrogens (tertiary/aromatic N) is 5. The van der Waals surface area contributed by atoms with Crippen molar-refractivity contribution in [1.29, 1.82) is 10.5 Å². The highest BCUT2D eigenvalue weighted by Gasteiger charge is 2.58. The van der Waals surface area contributed by atoms with Crippen molar-refractivity contribution >= 4 is 27.5 Å². The van der Waals surface area contributed by atoms with Crippen LogP contribution in [-0.4, -0.2) is 58.3 Å². The molecule has 65 heavy (non-hydrogen) atoms. The van der Waals surface area contributed by atoms with E-state index in [0.717, 1.165) is 98.7 Å². The van der Waals surface area contributed by atoms with Gasteiger partial charge in [0, 0.05) is 24.2 Å². The topological polar surface area (TPSA) is 169 Å². The second kappa shape index (κ2) is 20.0. The molecular formula is C54H79BrN6O4. The van der Waals surface area contributed by atoms with Crippen molar-refractivity contribution in [1.82, 2.24) is 20.0 Å². The molecule has 0 unspecified atom stereocenters. The number of hydrogen-bond acceptors (Lipinski definition) is 8. The summed E-state index contributed by atoms with van der Waals surface area (Å²) in [5, 5.41) is 49.2. The van der Waals surface area contributed by atoms with Gasteiger partial charge < -0.3 is 10.2 Å². The van der Waals surface area contributed by atoms with E-state index in [2.05, 4.69) is 58.1 Å². The molecule has 0 aromatic carbocycles. The van der Waals surface area contributed by atoms with Gasteiger partial charge in [-0.1, -0.05) is 55.5 Å². The number of fused-ring (bicyclic) bond motifs is 10. The Balaban J connectivity index is 0.000000156. The van der Waals surface area contributed by atoms with Gasteiger partial charge in [-0.3, -0.25) is 19.4 Å². The van der Waals surface area contributed by atoms with Gasteiger partial charge in [-0.25, -0.2) is 0 Å². The molecule has 0 amide bonds. The lowest BCUT2D eigenvalue weighted by Gasteiger charge is -2.58. The highest BCUT2D eigenvalue weighted by Crippen LogP contribution is 2.64. The minimum Gasteiger partial charge on any atom is -0.390 e. The summed E-state index contributed by atoms with van der Waals surface area (Å²) in [7, 11) is 0. The largest absolute Gasteiger partial charge is 0.390 e. The molecule has 0 aliphatic heterocycles. The van der Waals surface area contributed by atoms with E-state index in [1.54, 1.807) is 23.3 Å². The van der Waals surface area contributed by atoms with E-state index in [4.69, 9.17) is 10.5 Å². The second-order valence-corrected chi connectivity index (χ2v) is 24.4. The summed E-state index contributed by atoms with van der Waals surface area (Å²) in [6, 6.07) is 4.02. The van der Waals surface area contributed by atoms with E-state index in [1.165, 1.54) is 96.1 Å². The van der Waals surface area contributed by atoms with Crippen LogP contribution in [0.3, 0.4) is 0 Å². The number of carbonyl (C=O) groups excluding carboxylic acids is 2. The monoisotopic (exact) mass is 955 g/mol. The molecule has 8 aliphatic carbocycles. The summed E-state index contributed by atoms with van der Waals surface area (Å²) >= 11 is 3.47. The zero-order valence-corrected chi connectivity index (χ0v) is 41.6. The molecule has 10 nitrogen and oxygen atoms in total. The van der Waals surface area contributed by atoms with Crippen molar-refractivity contribution in [2.75, 3.05) is 5.33 Å². The molecule has 8 saturated carbocycles. The summed E-state index contributed by atoms with van der Waals surface area (Å²) in [6.07, 6.45) is 32.5. The number of H-pyrrole nitrogens is 1. The second-order valence-electron chi connectivity index (χ2n) is 23.8. The number of carbonyl (C=O) groups is 2. The first-order valence-corrected chi connectivity index (χ1v) is 27.1. The maximum absolute atomic E-state index is 13.6. The Bertz CT molecular complexity index is 2030. The number of Topliss-reactive ketones (excluding diaryl/α,β-unsaturated/α-hetero) is 2. The van der Waals surface area contributed by atoms with Gasteiger partial charge in [-0.15, -0.1) is 0 Å². The third kappa shape index (κ3) is 10.2. The fourth-order valence-corrected chi connectivity index (χ4v) is 17.5. The lowest BCUT2D eigenvalue weighted by Crippen LogP contribution is -2.53. The van der Waals surface area contributed by atoms with Crippen molar-refractivity contribution in [2.24, 2.45) is 81.8 Å². The normalized spacial score (nSPS) is 43.0. The number of nitriles is 2. The van der Waals surface area contributed by atoms with E-state index in [9.17, 15) is 19.8 Å². The van der Waals surface area contributed by atoms with Gasteiger partial charge in [-0.2, -0.15) is 20.7 Å². The van der Waals surface area contributed by atoms with Crippen LogP contribution in [0.25, 0.3) is 0 Å². The standard InChI is InChI=1S/C27H39N3O2.C23H37BrO2.C4H3N3/c1-26(32)11-9-20-19(13-26)7-8-22-21(20)10-12-27(2)23(22)5-3-4-6-24(27)25(31)17-30-16-18(14-28)15-29-30;1-22(26)11-9-16-15(13-22)7-8-18-17(16)10-12-23(2)19(18)5-3-4-6-20(23)21(25)14-24;5-1-4-2-6-7-3-4/h15-16,19-24,32H,3-13,17H2,1-2H3;15-20,26H,3-14H2,1-2H3;2-3H,(H,6,7)/t19-,20+,21-,22-,23+,24+,26-,27+;15-,16+,17-,18-,19+,20+,22-,23+;/m11./s1. The highest BCUT2D eigenvalue weighted by molar-refractivity contribution is 9.09. The number of aliphatic hydroxyl groups is 2. The number of ketones is 2. The molecule has 8 aliphatic rings. The molecule has 2 aromatic heterocycles. The van der Waals surface area contributed by atoms with Crippen LogP contribution in [0.1, 0.15) is 180 Å². The average Bonchev–Trinajstić information content (AvgIpc) is 3.91. The highest BCUT2D eigenvalue weighted by atomic mass is 79.9. The van der Waals surface area contributed by atoms with Gasteiger partial charge in [0.2, 0.25) is 0 Å². The Hall–Kier alpha value is -2.86. The summed E-state index contributed by atoms with van der Waals surface area (Å²) in [5.74, 6) is 8.86. The third-order valence-electron chi connectivity index (χ3n) is 20.1. The van der Waals surface area contributed by atoms with Gasteiger partial charge >= 0.3 is 0 Å². The zero-order valence-electron chi connectivity index (χ0n) is 40.0. The first-order valence-electron chi connectivity index (χ1n) is 26.0. The predicted octanol–water partition coefficient (Wildman–Crippen LogP) is 11.2. The van der Waals surface area contributed by atoms with E-state index in [0.29, 0.717) is 46.4 Å². The first-order chi connectivity index (χ1) is 31.1.